The van der Waals surface area contributed by atoms with Crippen molar-refractivity contribution in [2.45, 2.75) is 23.5 Å². The van der Waals surface area contributed by atoms with Crippen molar-refractivity contribution < 1.29 is 14.5 Å². The van der Waals surface area contributed by atoms with Crippen LogP contribution < -0.4 is 10.6 Å². The van der Waals surface area contributed by atoms with E-state index in [1.807, 2.05) is 13.0 Å². The van der Waals surface area contributed by atoms with Gasteiger partial charge in [-0.2, -0.15) is 0 Å². The van der Waals surface area contributed by atoms with Gasteiger partial charge >= 0.3 is 0 Å². The first-order chi connectivity index (χ1) is 15.4. The van der Waals surface area contributed by atoms with Gasteiger partial charge in [0.05, 0.1) is 10.2 Å². The molecular formula is C23H20ClN3O4S. The van der Waals surface area contributed by atoms with E-state index < -0.39 is 4.92 Å². The third-order valence-corrected chi connectivity index (χ3v) is 6.06. The Labute approximate surface area is 194 Å². The molecule has 0 saturated heterocycles. The minimum atomic E-state index is -0.519. The predicted octanol–water partition coefficient (Wildman–Crippen LogP) is 6.01. The maximum absolute atomic E-state index is 12.7. The molecule has 7 nitrogen and oxygen atoms in total. The molecule has 2 N–H and O–H groups in total. The molecule has 0 spiro atoms. The third kappa shape index (κ3) is 6.32. The number of non-ortho nitro benzene ring substituents is 1. The smallest absolute Gasteiger partial charge is 0.269 e. The second-order valence-corrected chi connectivity index (χ2v) is 8.51. The number of benzene rings is 3. The lowest BCUT2D eigenvalue weighted by molar-refractivity contribution is -0.384. The summed E-state index contributed by atoms with van der Waals surface area (Å²) in [6.07, 6.45) is 0.608. The summed E-state index contributed by atoms with van der Waals surface area (Å²) in [6, 6.07) is 19.5. The van der Waals surface area contributed by atoms with Crippen LogP contribution in [0.4, 0.5) is 17.1 Å². The molecule has 0 bridgehead atoms. The number of halogens is 1. The molecule has 0 aliphatic rings. The summed E-state index contributed by atoms with van der Waals surface area (Å²) in [5.74, 6) is -0.520. The van der Waals surface area contributed by atoms with Gasteiger partial charge in [-0.15, -0.1) is 11.8 Å². The molecule has 2 amide bonds. The van der Waals surface area contributed by atoms with Crippen LogP contribution in [0.3, 0.4) is 0 Å². The topological polar surface area (TPSA) is 101 Å². The van der Waals surface area contributed by atoms with E-state index in [0.717, 1.165) is 4.90 Å². The fourth-order valence-corrected chi connectivity index (χ4v) is 4.06. The Kier molecular flexibility index (Phi) is 7.86. The lowest BCUT2D eigenvalue weighted by Crippen LogP contribution is -2.24. The zero-order valence-electron chi connectivity index (χ0n) is 17.1. The number of carbonyl (C=O) groups excluding carboxylic acids is 2. The Balaban J connectivity index is 1.65. The number of anilines is 2. The number of thioether (sulfide) groups is 1. The van der Waals surface area contributed by atoms with Crippen molar-refractivity contribution in [3.05, 3.63) is 93.5 Å². The first kappa shape index (κ1) is 23.3. The lowest BCUT2D eigenvalue weighted by atomic mass is 10.2. The van der Waals surface area contributed by atoms with Crippen LogP contribution in [0.25, 0.3) is 0 Å². The number of carbonyl (C=O) groups is 2. The molecule has 0 heterocycles. The van der Waals surface area contributed by atoms with E-state index in [2.05, 4.69) is 10.6 Å². The minimum absolute atomic E-state index is 0.0818. The number of amides is 2. The van der Waals surface area contributed by atoms with Gasteiger partial charge in [-0.3, -0.25) is 19.7 Å². The summed E-state index contributed by atoms with van der Waals surface area (Å²) in [7, 11) is 0. The maximum atomic E-state index is 12.7. The zero-order valence-corrected chi connectivity index (χ0v) is 18.7. The molecule has 1 unspecified atom stereocenters. The standard InChI is InChI=1S/C23H20ClN3O4S/c1-2-21(23(29)26-17-6-3-5-16(24)13-17)32-20-8-4-7-18(14-20)25-22(28)15-9-11-19(12-10-15)27(30)31/h3-14,21H,2H2,1H3,(H,25,28)(H,26,29). The Hall–Kier alpha value is -3.36. The normalized spacial score (nSPS) is 11.4. The molecule has 9 heteroatoms. The van der Waals surface area contributed by atoms with Crippen molar-refractivity contribution in [2.75, 3.05) is 10.6 Å². The van der Waals surface area contributed by atoms with E-state index in [9.17, 15) is 19.7 Å². The second kappa shape index (κ2) is 10.8. The van der Waals surface area contributed by atoms with Gasteiger partial charge in [0.15, 0.2) is 0 Å². The van der Waals surface area contributed by atoms with Crippen LogP contribution in [0.2, 0.25) is 5.02 Å². The van der Waals surface area contributed by atoms with Gasteiger partial charge in [0.1, 0.15) is 0 Å². The molecule has 3 rings (SSSR count). The van der Waals surface area contributed by atoms with E-state index in [0.29, 0.717) is 28.4 Å². The minimum Gasteiger partial charge on any atom is -0.325 e. The van der Waals surface area contributed by atoms with Crippen LogP contribution in [-0.4, -0.2) is 22.0 Å². The van der Waals surface area contributed by atoms with E-state index >= 15 is 0 Å². The second-order valence-electron chi connectivity index (χ2n) is 6.80. The van der Waals surface area contributed by atoms with Crippen LogP contribution in [0.1, 0.15) is 23.7 Å². The van der Waals surface area contributed by atoms with Crippen LogP contribution in [-0.2, 0) is 4.79 Å². The molecule has 164 valence electrons. The third-order valence-electron chi connectivity index (χ3n) is 4.47. The molecule has 0 radical (unpaired) electrons. The quantitative estimate of drug-likeness (QED) is 0.239. The summed E-state index contributed by atoms with van der Waals surface area (Å²) in [6.45, 7) is 1.93. The fourth-order valence-electron chi connectivity index (χ4n) is 2.86. The Morgan fingerprint density at radius 2 is 1.66 bits per heavy atom. The number of nitrogens with zero attached hydrogens (tertiary/aromatic N) is 1. The van der Waals surface area contributed by atoms with Crippen molar-refractivity contribution in [3.8, 4) is 0 Å². The monoisotopic (exact) mass is 469 g/mol. The van der Waals surface area contributed by atoms with Crippen molar-refractivity contribution in [1.82, 2.24) is 0 Å². The number of rotatable bonds is 8. The molecule has 0 aliphatic carbocycles. The van der Waals surface area contributed by atoms with Gasteiger partial charge in [0, 0.05) is 39.0 Å². The Bertz CT molecular complexity index is 1140. The average molecular weight is 470 g/mol. The van der Waals surface area contributed by atoms with Crippen LogP contribution in [0.15, 0.2) is 77.7 Å². The number of hydrogen-bond acceptors (Lipinski definition) is 5. The summed E-state index contributed by atoms with van der Waals surface area (Å²) in [5.41, 5.74) is 1.41. The largest absolute Gasteiger partial charge is 0.325 e. The molecule has 3 aromatic rings. The molecule has 32 heavy (non-hydrogen) atoms. The summed E-state index contributed by atoms with van der Waals surface area (Å²) >= 11 is 7.37. The van der Waals surface area contributed by atoms with Crippen LogP contribution in [0.5, 0.6) is 0 Å². The highest BCUT2D eigenvalue weighted by Crippen LogP contribution is 2.29. The van der Waals surface area contributed by atoms with Crippen molar-refractivity contribution in [3.63, 3.8) is 0 Å². The lowest BCUT2D eigenvalue weighted by Gasteiger charge is -2.15. The fraction of sp³-hybridized carbons (Fsp3) is 0.130. The number of nitro benzene ring substituents is 1. The molecule has 1 atom stereocenters. The molecular weight excluding hydrogens is 450 g/mol. The van der Waals surface area contributed by atoms with E-state index in [-0.39, 0.29) is 22.8 Å². The van der Waals surface area contributed by atoms with Gasteiger partial charge in [0.2, 0.25) is 5.91 Å². The number of hydrogen-bond donors (Lipinski definition) is 2. The number of nitrogens with one attached hydrogen (secondary N) is 2. The molecule has 0 fully saturated rings. The highest BCUT2D eigenvalue weighted by molar-refractivity contribution is 8.00. The maximum Gasteiger partial charge on any atom is 0.269 e. The molecule has 0 aliphatic heterocycles. The van der Waals surface area contributed by atoms with Crippen molar-refractivity contribution in [1.29, 1.82) is 0 Å². The van der Waals surface area contributed by atoms with Gasteiger partial charge in [-0.1, -0.05) is 30.7 Å². The highest BCUT2D eigenvalue weighted by Gasteiger charge is 2.19. The summed E-state index contributed by atoms with van der Waals surface area (Å²) in [5, 5.41) is 16.6. The van der Waals surface area contributed by atoms with E-state index in [1.54, 1.807) is 42.5 Å². The van der Waals surface area contributed by atoms with Crippen LogP contribution >= 0.6 is 23.4 Å². The molecule has 0 aromatic heterocycles. The Morgan fingerprint density at radius 1 is 1.00 bits per heavy atom. The average Bonchev–Trinajstić information content (AvgIpc) is 2.77. The van der Waals surface area contributed by atoms with Crippen molar-refractivity contribution >= 4 is 52.2 Å². The first-order valence-electron chi connectivity index (χ1n) is 9.74. The van der Waals surface area contributed by atoms with Gasteiger partial charge in [-0.05, 0) is 55.0 Å². The first-order valence-corrected chi connectivity index (χ1v) is 11.0. The zero-order chi connectivity index (χ0) is 23.1. The highest BCUT2D eigenvalue weighted by atomic mass is 35.5. The SMILES string of the molecule is CCC(Sc1cccc(NC(=O)c2ccc([N+](=O)[O-])cc2)c1)C(=O)Nc1cccc(Cl)c1. The van der Waals surface area contributed by atoms with E-state index in [1.165, 1.54) is 36.0 Å². The summed E-state index contributed by atoms with van der Waals surface area (Å²) < 4.78 is 0. The van der Waals surface area contributed by atoms with Gasteiger partial charge < -0.3 is 10.6 Å². The van der Waals surface area contributed by atoms with Gasteiger partial charge in [0.25, 0.3) is 11.6 Å². The van der Waals surface area contributed by atoms with Gasteiger partial charge in [-0.25, -0.2) is 0 Å². The molecule has 0 saturated carbocycles. The Morgan fingerprint density at radius 3 is 2.28 bits per heavy atom. The van der Waals surface area contributed by atoms with Crippen molar-refractivity contribution in [2.24, 2.45) is 0 Å². The summed E-state index contributed by atoms with van der Waals surface area (Å²) in [4.78, 5) is 36.2. The van der Waals surface area contributed by atoms with Crippen LogP contribution in [0, 0.1) is 10.1 Å². The van der Waals surface area contributed by atoms with E-state index in [4.69, 9.17) is 11.6 Å². The predicted molar refractivity (Wildman–Crippen MR) is 128 cm³/mol. The molecule has 3 aromatic carbocycles. The number of nitro groups is 1.